The van der Waals surface area contributed by atoms with Crippen molar-refractivity contribution in [2.45, 2.75) is 18.9 Å². The molecular weight excluding hydrogens is 256 g/mol. The molecule has 1 unspecified atom stereocenters. The lowest BCUT2D eigenvalue weighted by Gasteiger charge is -2.23. The average molecular weight is 272 g/mol. The van der Waals surface area contributed by atoms with Crippen molar-refractivity contribution in [3.63, 3.8) is 0 Å². The molecule has 1 aromatic rings. The lowest BCUT2D eigenvalue weighted by atomic mass is 10.0. The average Bonchev–Trinajstić information content (AvgIpc) is 3.29. The number of hydrogen-bond donors (Lipinski definition) is 0. The van der Waals surface area contributed by atoms with E-state index >= 15 is 0 Å². The Balaban J connectivity index is 2.09. The van der Waals surface area contributed by atoms with Crippen LogP contribution < -0.4 is 14.2 Å². The summed E-state index contributed by atoms with van der Waals surface area (Å²) in [7, 11) is 3.11. The molecule has 4 heteroatoms. The standard InChI is InChI=1S/C16H16O4/c1-18-14-8-11(9-17)13-6-5-12(7-10-3-4-10)20-15(13)16(14)19-2/h5-9,12H,3-4H2,1-2H3. The van der Waals surface area contributed by atoms with Crippen LogP contribution in [0, 0.1) is 0 Å². The first-order valence-electron chi connectivity index (χ1n) is 6.55. The second kappa shape index (κ2) is 5.04. The van der Waals surface area contributed by atoms with E-state index in [1.165, 1.54) is 5.57 Å². The molecule has 1 aliphatic heterocycles. The maximum absolute atomic E-state index is 11.2. The van der Waals surface area contributed by atoms with E-state index < -0.39 is 0 Å². The predicted molar refractivity (Wildman–Crippen MR) is 75.7 cm³/mol. The molecule has 1 saturated carbocycles. The lowest BCUT2D eigenvalue weighted by molar-refractivity contribution is 0.112. The Labute approximate surface area is 117 Å². The van der Waals surface area contributed by atoms with Gasteiger partial charge in [0.15, 0.2) is 17.8 Å². The molecule has 0 bridgehead atoms. The molecule has 3 rings (SSSR count). The summed E-state index contributed by atoms with van der Waals surface area (Å²) >= 11 is 0. The Morgan fingerprint density at radius 2 is 2.10 bits per heavy atom. The highest BCUT2D eigenvalue weighted by Gasteiger charge is 2.25. The molecule has 4 nitrogen and oxygen atoms in total. The molecule has 0 radical (unpaired) electrons. The molecule has 104 valence electrons. The summed E-state index contributed by atoms with van der Waals surface area (Å²) in [5.41, 5.74) is 2.68. The molecule has 1 aromatic carbocycles. The maximum atomic E-state index is 11.2. The zero-order valence-electron chi connectivity index (χ0n) is 11.5. The van der Waals surface area contributed by atoms with Gasteiger partial charge in [-0.15, -0.1) is 0 Å². The van der Waals surface area contributed by atoms with Gasteiger partial charge in [0.25, 0.3) is 0 Å². The van der Waals surface area contributed by atoms with Gasteiger partial charge in [0.2, 0.25) is 5.75 Å². The van der Waals surface area contributed by atoms with E-state index in [2.05, 4.69) is 6.08 Å². The number of benzene rings is 1. The van der Waals surface area contributed by atoms with E-state index in [9.17, 15) is 4.79 Å². The zero-order valence-corrected chi connectivity index (χ0v) is 11.5. The fraction of sp³-hybridized carbons (Fsp3) is 0.312. The first kappa shape index (κ1) is 12.8. The second-order valence-electron chi connectivity index (χ2n) is 4.83. The van der Waals surface area contributed by atoms with Crippen LogP contribution in [0.15, 0.2) is 23.8 Å². The minimum absolute atomic E-state index is 0.111. The summed E-state index contributed by atoms with van der Waals surface area (Å²) < 4.78 is 16.6. The normalized spacial score (nSPS) is 18.9. The van der Waals surface area contributed by atoms with Gasteiger partial charge in [-0.2, -0.15) is 0 Å². The van der Waals surface area contributed by atoms with Gasteiger partial charge >= 0.3 is 0 Å². The van der Waals surface area contributed by atoms with Crippen molar-refractivity contribution in [3.8, 4) is 17.2 Å². The highest BCUT2D eigenvalue weighted by Crippen LogP contribution is 2.45. The number of ether oxygens (including phenoxy) is 3. The first-order chi connectivity index (χ1) is 9.76. The number of fused-ring (bicyclic) bond motifs is 1. The molecule has 0 spiro atoms. The topological polar surface area (TPSA) is 44.8 Å². The van der Waals surface area contributed by atoms with Crippen LogP contribution in [0.3, 0.4) is 0 Å². The maximum Gasteiger partial charge on any atom is 0.204 e. The van der Waals surface area contributed by atoms with Crippen molar-refractivity contribution in [1.82, 2.24) is 0 Å². The Morgan fingerprint density at radius 3 is 2.70 bits per heavy atom. The molecule has 1 atom stereocenters. The number of hydrogen-bond acceptors (Lipinski definition) is 4. The van der Waals surface area contributed by atoms with Gasteiger partial charge in [0.05, 0.1) is 14.2 Å². The number of carbonyl (C=O) groups is 1. The van der Waals surface area contributed by atoms with Gasteiger partial charge in [-0.25, -0.2) is 0 Å². The fourth-order valence-electron chi connectivity index (χ4n) is 2.31. The number of methoxy groups -OCH3 is 2. The van der Waals surface area contributed by atoms with Crippen LogP contribution in [0.5, 0.6) is 17.2 Å². The highest BCUT2D eigenvalue weighted by atomic mass is 16.5. The summed E-state index contributed by atoms with van der Waals surface area (Å²) in [5, 5.41) is 0. The van der Waals surface area contributed by atoms with Crippen LogP contribution in [-0.4, -0.2) is 26.6 Å². The largest absolute Gasteiger partial charge is 0.493 e. The number of rotatable bonds is 4. The Morgan fingerprint density at radius 1 is 1.30 bits per heavy atom. The molecule has 1 fully saturated rings. The van der Waals surface area contributed by atoms with Crippen LogP contribution in [0.1, 0.15) is 28.8 Å². The van der Waals surface area contributed by atoms with Gasteiger partial charge < -0.3 is 14.2 Å². The molecular formula is C16H16O4. The molecule has 1 heterocycles. The van der Waals surface area contributed by atoms with E-state index in [0.29, 0.717) is 22.8 Å². The third-order valence-corrected chi connectivity index (χ3v) is 3.47. The zero-order chi connectivity index (χ0) is 14.1. The van der Waals surface area contributed by atoms with Crippen LogP contribution in [0.25, 0.3) is 6.08 Å². The van der Waals surface area contributed by atoms with Gasteiger partial charge in [0.1, 0.15) is 6.10 Å². The molecule has 0 amide bonds. The summed E-state index contributed by atoms with van der Waals surface area (Å²) in [6.07, 6.45) is 8.96. The molecule has 20 heavy (non-hydrogen) atoms. The van der Waals surface area contributed by atoms with Crippen molar-refractivity contribution in [2.24, 2.45) is 0 Å². The van der Waals surface area contributed by atoms with Gasteiger partial charge in [-0.1, -0.05) is 11.6 Å². The van der Waals surface area contributed by atoms with Crippen molar-refractivity contribution in [1.29, 1.82) is 0 Å². The van der Waals surface area contributed by atoms with E-state index in [4.69, 9.17) is 14.2 Å². The minimum atomic E-state index is -0.111. The Kier molecular flexibility index (Phi) is 3.22. The third kappa shape index (κ3) is 2.18. The number of allylic oxidation sites excluding steroid dienone is 1. The quantitative estimate of drug-likeness (QED) is 0.624. The molecule has 0 saturated heterocycles. The molecule has 1 aliphatic carbocycles. The van der Waals surface area contributed by atoms with Crippen LogP contribution in [0.2, 0.25) is 0 Å². The third-order valence-electron chi connectivity index (χ3n) is 3.47. The number of carbonyl (C=O) groups excluding carboxylic acids is 1. The lowest BCUT2D eigenvalue weighted by Crippen LogP contribution is -2.16. The summed E-state index contributed by atoms with van der Waals surface area (Å²) in [5.74, 6) is 1.59. The SMILES string of the molecule is COc1cc(C=O)c2c(c1OC)OC(C=C1CC1)C=C2. The molecule has 0 N–H and O–H groups in total. The van der Waals surface area contributed by atoms with Gasteiger partial charge in [-0.05, 0) is 31.1 Å². The van der Waals surface area contributed by atoms with E-state index in [1.807, 2.05) is 12.2 Å². The van der Waals surface area contributed by atoms with Crippen molar-refractivity contribution in [2.75, 3.05) is 14.2 Å². The summed E-state index contributed by atoms with van der Waals surface area (Å²) in [6, 6.07) is 1.66. The second-order valence-corrected chi connectivity index (χ2v) is 4.83. The number of aldehydes is 1. The van der Waals surface area contributed by atoms with Crippen molar-refractivity contribution >= 4 is 12.4 Å². The molecule has 2 aliphatic rings. The highest BCUT2D eigenvalue weighted by molar-refractivity contribution is 5.87. The predicted octanol–water partition coefficient (Wildman–Crippen LogP) is 3.01. The van der Waals surface area contributed by atoms with Crippen LogP contribution in [0.4, 0.5) is 0 Å². The first-order valence-corrected chi connectivity index (χ1v) is 6.55. The minimum Gasteiger partial charge on any atom is -0.493 e. The van der Waals surface area contributed by atoms with Crippen molar-refractivity contribution in [3.05, 3.63) is 34.9 Å². The Bertz CT molecular complexity index is 607. The van der Waals surface area contributed by atoms with E-state index in [0.717, 1.165) is 24.7 Å². The van der Waals surface area contributed by atoms with Crippen LogP contribution >= 0.6 is 0 Å². The monoisotopic (exact) mass is 272 g/mol. The van der Waals surface area contributed by atoms with Gasteiger partial charge in [-0.3, -0.25) is 4.79 Å². The van der Waals surface area contributed by atoms with E-state index in [1.54, 1.807) is 20.3 Å². The smallest absolute Gasteiger partial charge is 0.204 e. The summed E-state index contributed by atoms with van der Waals surface area (Å²) in [4.78, 5) is 11.2. The fourth-order valence-corrected chi connectivity index (χ4v) is 2.31. The van der Waals surface area contributed by atoms with Gasteiger partial charge in [0, 0.05) is 11.1 Å². The summed E-state index contributed by atoms with van der Waals surface area (Å²) in [6.45, 7) is 0. The van der Waals surface area contributed by atoms with Crippen LogP contribution in [-0.2, 0) is 0 Å². The molecule has 0 aromatic heterocycles. The Hall–Kier alpha value is -2.23. The van der Waals surface area contributed by atoms with Crippen molar-refractivity contribution < 1.29 is 19.0 Å². The van der Waals surface area contributed by atoms with E-state index in [-0.39, 0.29) is 6.10 Å².